The topological polar surface area (TPSA) is 72.9 Å². The Morgan fingerprint density at radius 1 is 1.40 bits per heavy atom. The first-order valence-electron chi connectivity index (χ1n) is 6.80. The van der Waals surface area contributed by atoms with Gasteiger partial charge in [-0.25, -0.2) is 0 Å². The molecule has 3 N–H and O–H groups in total. The normalized spacial score (nSPS) is 12.1. The molecule has 0 spiro atoms. The van der Waals surface area contributed by atoms with Crippen molar-refractivity contribution in [2.45, 2.75) is 19.9 Å². The lowest BCUT2D eigenvalue weighted by atomic mass is 10.1. The smallest absolute Gasteiger partial charge is 0.228 e. The highest BCUT2D eigenvalue weighted by atomic mass is 16.1. The largest absolute Gasteiger partial charge is 0.330 e. The van der Waals surface area contributed by atoms with Crippen molar-refractivity contribution < 1.29 is 4.79 Å². The molecule has 1 unspecified atom stereocenters. The van der Waals surface area contributed by atoms with Gasteiger partial charge in [0, 0.05) is 24.6 Å². The summed E-state index contributed by atoms with van der Waals surface area (Å²) in [5, 5.41) is 7.05. The molecule has 5 heteroatoms. The average Bonchev–Trinajstić information content (AvgIpc) is 2.95. The van der Waals surface area contributed by atoms with Crippen molar-refractivity contribution in [3.8, 4) is 0 Å². The van der Waals surface area contributed by atoms with Crippen LogP contribution in [0.3, 0.4) is 0 Å². The Morgan fingerprint density at radius 2 is 2.15 bits per heavy atom. The van der Waals surface area contributed by atoms with E-state index < -0.39 is 0 Å². The first kappa shape index (κ1) is 14.3. The van der Waals surface area contributed by atoms with E-state index in [-0.39, 0.29) is 11.8 Å². The molecule has 106 valence electrons. The van der Waals surface area contributed by atoms with Crippen molar-refractivity contribution in [3.05, 3.63) is 48.3 Å². The fraction of sp³-hybridized carbons (Fsp3) is 0.333. The van der Waals surface area contributed by atoms with Crippen LogP contribution in [0.5, 0.6) is 0 Å². The number of carbonyl (C=O) groups is 1. The minimum atomic E-state index is -0.126. The third kappa shape index (κ3) is 3.68. The fourth-order valence-corrected chi connectivity index (χ4v) is 1.98. The molecule has 0 aliphatic rings. The van der Waals surface area contributed by atoms with Gasteiger partial charge in [0.1, 0.15) is 0 Å². The molecule has 0 bridgehead atoms. The summed E-state index contributed by atoms with van der Waals surface area (Å²) in [4.78, 5) is 11.9. The summed E-state index contributed by atoms with van der Waals surface area (Å²) in [6.45, 7) is 3.06. The van der Waals surface area contributed by atoms with E-state index in [9.17, 15) is 4.79 Å². The maximum absolute atomic E-state index is 11.9. The second kappa shape index (κ2) is 6.86. The molecular weight excluding hydrogens is 252 g/mol. The molecule has 2 rings (SSSR count). The first-order chi connectivity index (χ1) is 9.72. The highest BCUT2D eigenvalue weighted by Gasteiger charge is 2.14. The lowest BCUT2D eigenvalue weighted by molar-refractivity contribution is -0.119. The van der Waals surface area contributed by atoms with Gasteiger partial charge in [0.2, 0.25) is 5.91 Å². The van der Waals surface area contributed by atoms with Gasteiger partial charge in [0.15, 0.2) is 0 Å². The van der Waals surface area contributed by atoms with Crippen LogP contribution in [0.2, 0.25) is 0 Å². The van der Waals surface area contributed by atoms with Gasteiger partial charge in [-0.15, -0.1) is 0 Å². The van der Waals surface area contributed by atoms with Crippen LogP contribution in [0.15, 0.2) is 42.7 Å². The summed E-state index contributed by atoms with van der Waals surface area (Å²) in [6.07, 6.45) is 4.43. The van der Waals surface area contributed by atoms with Crippen molar-refractivity contribution in [1.29, 1.82) is 0 Å². The van der Waals surface area contributed by atoms with E-state index >= 15 is 0 Å². The standard InChI is InChI=1S/C15H20N4O/c1-2-13(10-16)15(20)18-14-6-4-12(5-7-14)11-19-9-3-8-17-19/h3-9,13H,2,10-11,16H2,1H3,(H,18,20). The number of aromatic nitrogens is 2. The molecule has 1 aromatic carbocycles. The summed E-state index contributed by atoms with van der Waals surface area (Å²) < 4.78 is 1.86. The Bertz CT molecular complexity index is 530. The number of anilines is 1. The van der Waals surface area contributed by atoms with Gasteiger partial charge < -0.3 is 11.1 Å². The molecule has 20 heavy (non-hydrogen) atoms. The van der Waals surface area contributed by atoms with E-state index in [2.05, 4.69) is 10.4 Å². The molecule has 1 amide bonds. The average molecular weight is 272 g/mol. The zero-order chi connectivity index (χ0) is 14.4. The molecule has 0 saturated carbocycles. The van der Waals surface area contributed by atoms with Crippen LogP contribution in [0, 0.1) is 5.92 Å². The van der Waals surface area contributed by atoms with Crippen molar-refractivity contribution >= 4 is 11.6 Å². The highest BCUT2D eigenvalue weighted by Crippen LogP contribution is 2.12. The third-order valence-corrected chi connectivity index (χ3v) is 3.27. The minimum Gasteiger partial charge on any atom is -0.330 e. The first-order valence-corrected chi connectivity index (χ1v) is 6.80. The van der Waals surface area contributed by atoms with E-state index in [1.54, 1.807) is 6.20 Å². The van der Waals surface area contributed by atoms with E-state index in [1.165, 1.54) is 0 Å². The number of nitrogens with zero attached hydrogens (tertiary/aromatic N) is 2. The van der Waals surface area contributed by atoms with Gasteiger partial charge in [0.25, 0.3) is 0 Å². The second-order valence-electron chi connectivity index (χ2n) is 4.73. The van der Waals surface area contributed by atoms with Crippen molar-refractivity contribution in [1.82, 2.24) is 9.78 Å². The fourth-order valence-electron chi connectivity index (χ4n) is 1.98. The Morgan fingerprint density at radius 3 is 2.70 bits per heavy atom. The van der Waals surface area contributed by atoms with Crippen molar-refractivity contribution in [3.63, 3.8) is 0 Å². The zero-order valence-electron chi connectivity index (χ0n) is 11.6. The predicted octanol–water partition coefficient (Wildman–Crippen LogP) is 1.85. The molecular formula is C15H20N4O. The quantitative estimate of drug-likeness (QED) is 0.843. The number of amides is 1. The summed E-state index contributed by atoms with van der Waals surface area (Å²) in [6, 6.07) is 9.67. The number of hydrogen-bond acceptors (Lipinski definition) is 3. The maximum Gasteiger partial charge on any atom is 0.228 e. The number of rotatable bonds is 6. The van der Waals surface area contributed by atoms with Crippen LogP contribution >= 0.6 is 0 Å². The van der Waals surface area contributed by atoms with Crippen LogP contribution in [0.25, 0.3) is 0 Å². The summed E-state index contributed by atoms with van der Waals surface area (Å²) in [7, 11) is 0. The van der Waals surface area contributed by atoms with Gasteiger partial charge in [-0.3, -0.25) is 9.48 Å². The number of nitrogens with two attached hydrogens (primary N) is 1. The van der Waals surface area contributed by atoms with Crippen LogP contribution in [0.4, 0.5) is 5.69 Å². The summed E-state index contributed by atoms with van der Waals surface area (Å²) in [5.41, 5.74) is 7.50. The van der Waals surface area contributed by atoms with E-state index in [0.717, 1.165) is 24.2 Å². The number of nitrogens with one attached hydrogen (secondary N) is 1. The second-order valence-corrected chi connectivity index (χ2v) is 4.73. The molecule has 5 nitrogen and oxygen atoms in total. The number of benzene rings is 1. The number of carbonyl (C=O) groups excluding carboxylic acids is 1. The van der Waals surface area contributed by atoms with Crippen LogP contribution < -0.4 is 11.1 Å². The Hall–Kier alpha value is -2.14. The van der Waals surface area contributed by atoms with Gasteiger partial charge in [-0.2, -0.15) is 5.10 Å². The Kier molecular flexibility index (Phi) is 4.90. The minimum absolute atomic E-state index is 0.0187. The molecule has 1 aromatic heterocycles. The van der Waals surface area contributed by atoms with Crippen LogP contribution in [-0.2, 0) is 11.3 Å². The predicted molar refractivity (Wildman–Crippen MR) is 79.2 cm³/mol. The summed E-state index contributed by atoms with van der Waals surface area (Å²) in [5.74, 6) is -0.145. The molecule has 0 saturated heterocycles. The lowest BCUT2D eigenvalue weighted by Gasteiger charge is -2.13. The van der Waals surface area contributed by atoms with Crippen LogP contribution in [0.1, 0.15) is 18.9 Å². The van der Waals surface area contributed by atoms with Gasteiger partial charge in [-0.1, -0.05) is 19.1 Å². The molecule has 0 fully saturated rings. The molecule has 1 heterocycles. The highest BCUT2D eigenvalue weighted by molar-refractivity contribution is 5.92. The molecule has 0 aliphatic heterocycles. The van der Waals surface area contributed by atoms with E-state index in [0.29, 0.717) is 6.54 Å². The van der Waals surface area contributed by atoms with Gasteiger partial charge in [-0.05, 0) is 30.2 Å². The SMILES string of the molecule is CCC(CN)C(=O)Nc1ccc(Cn2cccn2)cc1. The lowest BCUT2D eigenvalue weighted by Crippen LogP contribution is -2.28. The van der Waals surface area contributed by atoms with Gasteiger partial charge >= 0.3 is 0 Å². The third-order valence-electron chi connectivity index (χ3n) is 3.27. The zero-order valence-corrected chi connectivity index (χ0v) is 11.6. The monoisotopic (exact) mass is 272 g/mol. The van der Waals surface area contributed by atoms with Crippen LogP contribution in [-0.4, -0.2) is 22.2 Å². The van der Waals surface area contributed by atoms with Crippen molar-refractivity contribution in [2.75, 3.05) is 11.9 Å². The molecule has 0 radical (unpaired) electrons. The molecule has 1 atom stereocenters. The summed E-state index contributed by atoms with van der Waals surface area (Å²) >= 11 is 0. The Balaban J connectivity index is 1.96. The van der Waals surface area contributed by atoms with Gasteiger partial charge in [0.05, 0.1) is 12.5 Å². The molecule has 0 aliphatic carbocycles. The maximum atomic E-state index is 11.9. The van der Waals surface area contributed by atoms with E-state index in [4.69, 9.17) is 5.73 Å². The van der Waals surface area contributed by atoms with E-state index in [1.807, 2.05) is 48.1 Å². The molecule has 2 aromatic rings. The Labute approximate surface area is 118 Å². The van der Waals surface area contributed by atoms with Crippen molar-refractivity contribution in [2.24, 2.45) is 11.7 Å². The number of hydrogen-bond donors (Lipinski definition) is 2.